The zero-order chi connectivity index (χ0) is 23.7. The van der Waals surface area contributed by atoms with Gasteiger partial charge in [0.2, 0.25) is 5.91 Å². The van der Waals surface area contributed by atoms with Crippen LogP contribution in [-0.2, 0) is 22.4 Å². The summed E-state index contributed by atoms with van der Waals surface area (Å²) in [6, 6.07) is 12.1. The Morgan fingerprint density at radius 2 is 1.78 bits per heavy atom. The number of carbonyl (C=O) groups excluding carboxylic acids is 1. The average Bonchev–Trinajstić information content (AvgIpc) is 2.72. The highest BCUT2D eigenvalue weighted by Gasteiger charge is 2.21. The average molecular weight is 445 g/mol. The Bertz CT molecular complexity index is 864. The Labute approximate surface area is 190 Å². The van der Waals surface area contributed by atoms with Gasteiger partial charge in [-0.05, 0) is 56.0 Å². The number of phenolic OH excluding ortho intramolecular Hbond substituents is 2. The Morgan fingerprint density at radius 3 is 2.41 bits per heavy atom. The summed E-state index contributed by atoms with van der Waals surface area (Å²) < 4.78 is 5.08. The van der Waals surface area contributed by atoms with E-state index >= 15 is 0 Å². The largest absolute Gasteiger partial charge is 0.508 e. The highest BCUT2D eigenvalue weighted by Crippen LogP contribution is 2.25. The molecule has 0 bridgehead atoms. The van der Waals surface area contributed by atoms with Crippen molar-refractivity contribution in [3.63, 3.8) is 0 Å². The number of methoxy groups -OCH3 is 1. The molecule has 2 aromatic rings. The van der Waals surface area contributed by atoms with Crippen LogP contribution < -0.4 is 5.32 Å². The number of aromatic hydroxyl groups is 2. The molecule has 2 rings (SSSR count). The summed E-state index contributed by atoms with van der Waals surface area (Å²) in [5.41, 5.74) is 2.18. The van der Waals surface area contributed by atoms with Gasteiger partial charge in [0.25, 0.3) is 0 Å². The van der Waals surface area contributed by atoms with Gasteiger partial charge in [-0.1, -0.05) is 24.3 Å². The van der Waals surface area contributed by atoms with Gasteiger partial charge in [-0.3, -0.25) is 4.79 Å². The molecular weight excluding hydrogens is 408 g/mol. The van der Waals surface area contributed by atoms with E-state index in [2.05, 4.69) is 11.4 Å². The Balaban J connectivity index is 1.96. The zero-order valence-electron chi connectivity index (χ0n) is 19.5. The smallest absolute Gasteiger partial charge is 0.227 e. The van der Waals surface area contributed by atoms with Gasteiger partial charge >= 0.3 is 0 Å². The molecule has 2 aromatic carbocycles. The van der Waals surface area contributed by atoms with E-state index in [0.29, 0.717) is 38.1 Å². The minimum absolute atomic E-state index is 0.0802. The highest BCUT2D eigenvalue weighted by atomic mass is 16.5. The van der Waals surface area contributed by atoms with Crippen LogP contribution in [0.4, 0.5) is 0 Å². The molecule has 0 saturated carbocycles. The number of amides is 1. The van der Waals surface area contributed by atoms with Gasteiger partial charge in [-0.25, -0.2) is 0 Å². The van der Waals surface area contributed by atoms with E-state index < -0.39 is 6.10 Å². The molecule has 0 aliphatic carbocycles. The van der Waals surface area contributed by atoms with Crippen LogP contribution >= 0.6 is 0 Å². The molecule has 0 fully saturated rings. The molecule has 176 valence electrons. The maximum absolute atomic E-state index is 12.6. The fourth-order valence-corrected chi connectivity index (χ4v) is 3.67. The lowest BCUT2D eigenvalue weighted by molar-refractivity contribution is -0.130. The van der Waals surface area contributed by atoms with Crippen molar-refractivity contribution in [3.8, 4) is 11.5 Å². The number of nitrogens with zero attached hydrogens (tertiary/aromatic N) is 1. The second-order valence-electron chi connectivity index (χ2n) is 8.70. The van der Waals surface area contributed by atoms with E-state index in [4.69, 9.17) is 4.74 Å². The predicted octanol–water partition coefficient (Wildman–Crippen LogP) is 2.78. The number of phenols is 2. The minimum Gasteiger partial charge on any atom is -0.508 e. The minimum atomic E-state index is -0.872. The van der Waals surface area contributed by atoms with Crippen LogP contribution in [0.15, 0.2) is 42.5 Å². The molecule has 1 amide bonds. The van der Waals surface area contributed by atoms with Crippen LogP contribution in [0.5, 0.6) is 11.5 Å². The summed E-state index contributed by atoms with van der Waals surface area (Å²) in [4.78, 5) is 14.4. The van der Waals surface area contributed by atoms with Crippen molar-refractivity contribution >= 4 is 5.91 Å². The number of rotatable bonds is 12. The van der Waals surface area contributed by atoms with Crippen LogP contribution in [0, 0.1) is 0 Å². The van der Waals surface area contributed by atoms with Crippen molar-refractivity contribution in [1.82, 2.24) is 10.2 Å². The molecule has 7 heteroatoms. The first-order chi connectivity index (χ1) is 15.1. The molecule has 0 spiro atoms. The summed E-state index contributed by atoms with van der Waals surface area (Å²) >= 11 is 0. The molecule has 4 N–H and O–H groups in total. The van der Waals surface area contributed by atoms with Crippen LogP contribution in [0.3, 0.4) is 0 Å². The number of aliphatic hydroxyl groups excluding tert-OH is 1. The summed E-state index contributed by atoms with van der Waals surface area (Å²) in [6.07, 6.45) is 0.177. The van der Waals surface area contributed by atoms with Gasteiger partial charge in [0.15, 0.2) is 0 Å². The maximum Gasteiger partial charge on any atom is 0.227 e. The van der Waals surface area contributed by atoms with Crippen molar-refractivity contribution in [2.24, 2.45) is 0 Å². The SMILES string of the molecule is CCN(CCOC)C(=O)Cc1cccc(CC(C)(C)NCC(O)c2cc(O)cc(O)c2)c1. The van der Waals surface area contributed by atoms with Gasteiger partial charge in [0, 0.05) is 38.3 Å². The normalized spacial score (nSPS) is 12.5. The number of aliphatic hydroxyl groups is 1. The Hall–Kier alpha value is -2.61. The van der Waals surface area contributed by atoms with Crippen LogP contribution in [0.2, 0.25) is 0 Å². The maximum atomic E-state index is 12.6. The van der Waals surface area contributed by atoms with Crippen LogP contribution in [0.25, 0.3) is 0 Å². The summed E-state index contributed by atoms with van der Waals surface area (Å²) in [7, 11) is 1.63. The van der Waals surface area contributed by atoms with E-state index in [1.165, 1.54) is 18.2 Å². The predicted molar refractivity (Wildman–Crippen MR) is 125 cm³/mol. The van der Waals surface area contributed by atoms with E-state index in [1.807, 2.05) is 39.0 Å². The first-order valence-corrected chi connectivity index (χ1v) is 10.9. The number of carbonyl (C=O) groups is 1. The Morgan fingerprint density at radius 1 is 1.12 bits per heavy atom. The molecule has 1 unspecified atom stereocenters. The third-order valence-corrected chi connectivity index (χ3v) is 5.38. The molecule has 0 aliphatic heterocycles. The molecule has 0 heterocycles. The number of benzene rings is 2. The van der Waals surface area contributed by atoms with E-state index in [-0.39, 0.29) is 29.5 Å². The molecular formula is C25H36N2O5. The molecule has 0 aromatic heterocycles. The lowest BCUT2D eigenvalue weighted by Crippen LogP contribution is -2.43. The summed E-state index contributed by atoms with van der Waals surface area (Å²) in [5.74, 6) is -0.0985. The molecule has 0 radical (unpaired) electrons. The lowest BCUT2D eigenvalue weighted by Gasteiger charge is -2.28. The molecule has 7 nitrogen and oxygen atoms in total. The summed E-state index contributed by atoms with van der Waals surface area (Å²) in [6.45, 7) is 8.07. The number of ether oxygens (including phenoxy) is 1. The van der Waals surface area contributed by atoms with Gasteiger partial charge in [0.05, 0.1) is 19.1 Å². The van der Waals surface area contributed by atoms with Gasteiger partial charge in [0.1, 0.15) is 11.5 Å². The molecule has 0 saturated heterocycles. The molecule has 0 aliphatic rings. The zero-order valence-corrected chi connectivity index (χ0v) is 19.5. The fraction of sp³-hybridized carbons (Fsp3) is 0.480. The van der Waals surface area contributed by atoms with Crippen LogP contribution in [-0.4, -0.2) is 65.0 Å². The van der Waals surface area contributed by atoms with Gasteiger partial charge in [-0.2, -0.15) is 0 Å². The van der Waals surface area contributed by atoms with Gasteiger partial charge < -0.3 is 30.3 Å². The quantitative estimate of drug-likeness (QED) is 0.402. The fourth-order valence-electron chi connectivity index (χ4n) is 3.67. The first kappa shape index (κ1) is 25.6. The monoisotopic (exact) mass is 444 g/mol. The molecule has 1 atom stereocenters. The first-order valence-electron chi connectivity index (χ1n) is 10.9. The summed E-state index contributed by atoms with van der Waals surface area (Å²) in [5, 5.41) is 33.0. The van der Waals surface area contributed by atoms with Crippen LogP contribution in [0.1, 0.15) is 43.6 Å². The van der Waals surface area contributed by atoms with Gasteiger partial charge in [-0.15, -0.1) is 0 Å². The van der Waals surface area contributed by atoms with E-state index in [0.717, 1.165) is 11.1 Å². The van der Waals surface area contributed by atoms with E-state index in [1.54, 1.807) is 12.0 Å². The number of hydrogen-bond acceptors (Lipinski definition) is 6. The van der Waals surface area contributed by atoms with Crippen molar-refractivity contribution in [1.29, 1.82) is 0 Å². The number of hydrogen-bond donors (Lipinski definition) is 4. The third-order valence-electron chi connectivity index (χ3n) is 5.38. The van der Waals surface area contributed by atoms with E-state index in [9.17, 15) is 20.1 Å². The van der Waals surface area contributed by atoms with Crippen molar-refractivity contribution in [2.45, 2.75) is 45.3 Å². The topological polar surface area (TPSA) is 102 Å². The van der Waals surface area contributed by atoms with Crippen molar-refractivity contribution in [3.05, 3.63) is 59.2 Å². The van der Waals surface area contributed by atoms with Crippen molar-refractivity contribution < 1.29 is 24.9 Å². The number of β-amino-alcohol motifs (C(OH)–C–C–N with tert-alkyl or cyclic N) is 1. The number of likely N-dealkylation sites (N-methyl/N-ethyl adjacent to an activating group) is 1. The second-order valence-corrected chi connectivity index (χ2v) is 8.70. The second kappa shape index (κ2) is 11.9. The van der Waals surface area contributed by atoms with Crippen molar-refractivity contribution in [2.75, 3.05) is 33.4 Å². The standard InChI is InChI=1S/C25H36N2O5/c1-5-27(9-10-32-4)24(31)12-18-7-6-8-19(11-18)16-25(2,3)26-17-23(30)20-13-21(28)15-22(29)14-20/h6-8,11,13-15,23,26,28-30H,5,9-10,12,16-17H2,1-4H3. The highest BCUT2D eigenvalue weighted by molar-refractivity contribution is 5.78. The number of nitrogens with one attached hydrogen (secondary N) is 1. The lowest BCUT2D eigenvalue weighted by atomic mass is 9.93. The third kappa shape index (κ3) is 8.15. The Kier molecular flexibility index (Phi) is 9.50. The molecule has 32 heavy (non-hydrogen) atoms.